The standard InChI is InChI=1S/C12H17ClN2O2/c1-9-5-10(7-14-6-9)12(16)15-4-3-11(13)8-17-2/h5-7,11H,3-4,8H2,1-2H3,(H,15,16). The van der Waals surface area contributed by atoms with Crippen LogP contribution in [0.1, 0.15) is 22.3 Å². The van der Waals surface area contributed by atoms with Crippen molar-refractivity contribution < 1.29 is 9.53 Å². The lowest BCUT2D eigenvalue weighted by Gasteiger charge is -2.09. The highest BCUT2D eigenvalue weighted by molar-refractivity contribution is 6.20. The number of amides is 1. The summed E-state index contributed by atoms with van der Waals surface area (Å²) >= 11 is 5.95. The average molecular weight is 257 g/mol. The number of nitrogens with one attached hydrogen (secondary N) is 1. The molecule has 1 aromatic heterocycles. The zero-order valence-corrected chi connectivity index (χ0v) is 10.8. The molecule has 0 aliphatic rings. The van der Waals surface area contributed by atoms with Crippen LogP contribution in [-0.2, 0) is 4.74 Å². The molecule has 4 nitrogen and oxygen atoms in total. The summed E-state index contributed by atoms with van der Waals surface area (Å²) in [6, 6.07) is 1.80. The molecule has 0 aliphatic carbocycles. The number of ether oxygens (including phenoxy) is 1. The summed E-state index contributed by atoms with van der Waals surface area (Å²) < 4.78 is 4.91. The Hall–Kier alpha value is -1.13. The van der Waals surface area contributed by atoms with E-state index in [0.717, 1.165) is 5.56 Å². The monoisotopic (exact) mass is 256 g/mol. The number of aromatic nitrogens is 1. The van der Waals surface area contributed by atoms with E-state index in [1.54, 1.807) is 25.6 Å². The largest absolute Gasteiger partial charge is 0.383 e. The molecule has 17 heavy (non-hydrogen) atoms. The molecular formula is C12H17ClN2O2. The van der Waals surface area contributed by atoms with Crippen molar-refractivity contribution in [1.82, 2.24) is 10.3 Å². The summed E-state index contributed by atoms with van der Waals surface area (Å²) in [6.07, 6.45) is 3.94. The van der Waals surface area contributed by atoms with Crippen molar-refractivity contribution in [3.63, 3.8) is 0 Å². The van der Waals surface area contributed by atoms with Crippen molar-refractivity contribution in [1.29, 1.82) is 0 Å². The smallest absolute Gasteiger partial charge is 0.252 e. The summed E-state index contributed by atoms with van der Waals surface area (Å²) in [4.78, 5) is 15.7. The van der Waals surface area contributed by atoms with Gasteiger partial charge < -0.3 is 10.1 Å². The maximum absolute atomic E-state index is 11.7. The fraction of sp³-hybridized carbons (Fsp3) is 0.500. The van der Waals surface area contributed by atoms with Crippen LogP contribution in [0.15, 0.2) is 18.5 Å². The first kappa shape index (κ1) is 13.9. The molecule has 0 radical (unpaired) electrons. The molecule has 0 aliphatic heterocycles. The van der Waals surface area contributed by atoms with Gasteiger partial charge in [0.1, 0.15) is 0 Å². The van der Waals surface area contributed by atoms with E-state index in [4.69, 9.17) is 16.3 Å². The van der Waals surface area contributed by atoms with Gasteiger partial charge in [-0.25, -0.2) is 0 Å². The minimum atomic E-state index is -0.123. The second kappa shape index (κ2) is 7.25. The van der Waals surface area contributed by atoms with E-state index in [9.17, 15) is 4.79 Å². The van der Waals surface area contributed by atoms with Gasteiger partial charge in [-0.15, -0.1) is 11.6 Å². The maximum atomic E-state index is 11.7. The van der Waals surface area contributed by atoms with E-state index in [1.165, 1.54) is 0 Å². The van der Waals surface area contributed by atoms with Crippen molar-refractivity contribution in [2.24, 2.45) is 0 Å². The van der Waals surface area contributed by atoms with Gasteiger partial charge in [-0.1, -0.05) is 0 Å². The highest BCUT2D eigenvalue weighted by Crippen LogP contribution is 2.03. The molecule has 0 spiro atoms. The van der Waals surface area contributed by atoms with E-state index in [2.05, 4.69) is 10.3 Å². The number of carbonyl (C=O) groups is 1. The zero-order valence-electron chi connectivity index (χ0n) is 10.1. The van der Waals surface area contributed by atoms with Crippen LogP contribution in [0.25, 0.3) is 0 Å². The Balaban J connectivity index is 2.35. The zero-order chi connectivity index (χ0) is 12.7. The summed E-state index contributed by atoms with van der Waals surface area (Å²) in [5.74, 6) is -0.123. The molecule has 1 atom stereocenters. The molecule has 1 N–H and O–H groups in total. The van der Waals surface area contributed by atoms with Gasteiger partial charge in [-0.2, -0.15) is 0 Å². The Kier molecular flexibility index (Phi) is 5.94. The first-order valence-electron chi connectivity index (χ1n) is 5.46. The van der Waals surface area contributed by atoms with Crippen LogP contribution in [0.3, 0.4) is 0 Å². The van der Waals surface area contributed by atoms with Crippen LogP contribution >= 0.6 is 11.6 Å². The molecule has 0 bridgehead atoms. The first-order chi connectivity index (χ1) is 8.13. The van der Waals surface area contributed by atoms with E-state index in [1.807, 2.05) is 6.92 Å². The van der Waals surface area contributed by atoms with Crippen molar-refractivity contribution >= 4 is 17.5 Å². The van der Waals surface area contributed by atoms with Crippen LogP contribution in [0, 0.1) is 6.92 Å². The number of aryl methyl sites for hydroxylation is 1. The van der Waals surface area contributed by atoms with E-state index in [-0.39, 0.29) is 11.3 Å². The normalized spacial score (nSPS) is 12.2. The molecule has 1 aromatic rings. The predicted molar refractivity (Wildman–Crippen MR) is 67.4 cm³/mol. The van der Waals surface area contributed by atoms with Crippen molar-refractivity contribution in [3.05, 3.63) is 29.6 Å². The van der Waals surface area contributed by atoms with Gasteiger partial charge in [0, 0.05) is 26.0 Å². The highest BCUT2D eigenvalue weighted by Gasteiger charge is 2.07. The summed E-state index contributed by atoms with van der Waals surface area (Å²) in [7, 11) is 1.60. The molecule has 1 amide bonds. The minimum absolute atomic E-state index is 0.0732. The minimum Gasteiger partial charge on any atom is -0.383 e. The van der Waals surface area contributed by atoms with Crippen LogP contribution in [0.5, 0.6) is 0 Å². The van der Waals surface area contributed by atoms with Gasteiger partial charge in [0.15, 0.2) is 0 Å². The van der Waals surface area contributed by atoms with E-state index in [0.29, 0.717) is 25.1 Å². The number of hydrogen-bond acceptors (Lipinski definition) is 3. The Morgan fingerprint density at radius 3 is 3.00 bits per heavy atom. The Labute approximate surface area is 106 Å². The number of nitrogens with zero attached hydrogens (tertiary/aromatic N) is 1. The number of hydrogen-bond donors (Lipinski definition) is 1. The van der Waals surface area contributed by atoms with Crippen LogP contribution < -0.4 is 5.32 Å². The first-order valence-corrected chi connectivity index (χ1v) is 5.90. The SMILES string of the molecule is COCC(Cl)CCNC(=O)c1cncc(C)c1. The molecule has 94 valence electrons. The Morgan fingerprint density at radius 1 is 1.59 bits per heavy atom. The molecule has 1 heterocycles. The molecule has 0 fully saturated rings. The molecule has 0 saturated carbocycles. The highest BCUT2D eigenvalue weighted by atomic mass is 35.5. The predicted octanol–water partition coefficient (Wildman–Crippen LogP) is 1.76. The summed E-state index contributed by atoms with van der Waals surface area (Å²) in [5, 5.41) is 2.72. The van der Waals surface area contributed by atoms with Crippen molar-refractivity contribution in [2.45, 2.75) is 18.7 Å². The van der Waals surface area contributed by atoms with E-state index < -0.39 is 0 Å². The number of alkyl halides is 1. The summed E-state index contributed by atoms with van der Waals surface area (Å²) in [6.45, 7) is 2.92. The second-order valence-corrected chi connectivity index (χ2v) is 4.47. The number of pyridine rings is 1. The molecule has 1 rings (SSSR count). The number of rotatable bonds is 6. The lowest BCUT2D eigenvalue weighted by atomic mass is 10.2. The van der Waals surface area contributed by atoms with Gasteiger partial charge in [-0.3, -0.25) is 9.78 Å². The van der Waals surface area contributed by atoms with E-state index >= 15 is 0 Å². The molecular weight excluding hydrogens is 240 g/mol. The molecule has 5 heteroatoms. The molecule has 0 aromatic carbocycles. The Morgan fingerprint density at radius 2 is 2.35 bits per heavy atom. The third kappa shape index (κ3) is 5.15. The van der Waals surface area contributed by atoms with Crippen molar-refractivity contribution in [3.8, 4) is 0 Å². The van der Waals surface area contributed by atoms with Gasteiger partial charge in [-0.05, 0) is 25.0 Å². The van der Waals surface area contributed by atoms with Crippen LogP contribution in [0.2, 0.25) is 0 Å². The number of methoxy groups -OCH3 is 1. The lowest BCUT2D eigenvalue weighted by Crippen LogP contribution is -2.27. The third-order valence-corrected chi connectivity index (χ3v) is 2.57. The number of carbonyl (C=O) groups excluding carboxylic acids is 1. The second-order valence-electron chi connectivity index (χ2n) is 3.85. The van der Waals surface area contributed by atoms with Crippen LogP contribution in [0.4, 0.5) is 0 Å². The fourth-order valence-electron chi connectivity index (χ4n) is 1.39. The van der Waals surface area contributed by atoms with Gasteiger partial charge >= 0.3 is 0 Å². The molecule has 1 unspecified atom stereocenters. The average Bonchev–Trinajstić information content (AvgIpc) is 2.29. The molecule has 0 saturated heterocycles. The summed E-state index contributed by atoms with van der Waals surface area (Å²) in [5.41, 5.74) is 1.54. The van der Waals surface area contributed by atoms with Crippen molar-refractivity contribution in [2.75, 3.05) is 20.3 Å². The quantitative estimate of drug-likeness (QED) is 0.789. The fourth-order valence-corrected chi connectivity index (χ4v) is 1.62. The third-order valence-electron chi connectivity index (χ3n) is 2.23. The van der Waals surface area contributed by atoms with Crippen LogP contribution in [-0.4, -0.2) is 36.5 Å². The van der Waals surface area contributed by atoms with Gasteiger partial charge in [0.2, 0.25) is 0 Å². The maximum Gasteiger partial charge on any atom is 0.252 e. The van der Waals surface area contributed by atoms with Gasteiger partial charge in [0.25, 0.3) is 5.91 Å². The number of halogens is 1. The lowest BCUT2D eigenvalue weighted by molar-refractivity contribution is 0.0951. The van der Waals surface area contributed by atoms with Gasteiger partial charge in [0.05, 0.1) is 17.5 Å². The topological polar surface area (TPSA) is 51.2 Å². The Bertz CT molecular complexity index is 371.